The van der Waals surface area contributed by atoms with Crippen LogP contribution in [0.15, 0.2) is 24.0 Å². The molecule has 0 bridgehead atoms. The molecular formula is C16H23N3OS. The van der Waals surface area contributed by atoms with Crippen LogP contribution in [0.2, 0.25) is 0 Å². The second-order valence-corrected chi connectivity index (χ2v) is 6.41. The quantitative estimate of drug-likeness (QED) is 0.813. The van der Waals surface area contributed by atoms with Gasteiger partial charge in [-0.05, 0) is 25.5 Å². The molecule has 0 unspecified atom stereocenters. The average molecular weight is 305 g/mol. The lowest BCUT2D eigenvalue weighted by atomic mass is 10.2. The molecular weight excluding hydrogens is 282 g/mol. The van der Waals surface area contributed by atoms with E-state index in [2.05, 4.69) is 29.1 Å². The largest absolute Gasteiger partial charge is 0.493 e. The number of hydrogen-bond donors (Lipinski definition) is 1. The summed E-state index contributed by atoms with van der Waals surface area (Å²) in [5.41, 5.74) is 4.11. The van der Waals surface area contributed by atoms with Crippen LogP contribution in [0.4, 0.5) is 0 Å². The number of ether oxygens (including phenoxy) is 1. The predicted octanol–water partition coefficient (Wildman–Crippen LogP) is 3.21. The molecule has 0 aliphatic heterocycles. The highest BCUT2D eigenvalue weighted by atomic mass is 32.1. The van der Waals surface area contributed by atoms with E-state index in [1.54, 1.807) is 17.5 Å². The average Bonchev–Trinajstić information content (AvgIpc) is 2.86. The molecule has 0 amide bonds. The molecule has 0 aromatic carbocycles. The van der Waals surface area contributed by atoms with Crippen LogP contribution in [0, 0.1) is 12.8 Å². The second kappa shape index (κ2) is 8.10. The monoisotopic (exact) mass is 305 g/mol. The summed E-state index contributed by atoms with van der Waals surface area (Å²) < 4.78 is 5.92. The molecule has 21 heavy (non-hydrogen) atoms. The van der Waals surface area contributed by atoms with Crippen molar-refractivity contribution in [3.8, 4) is 5.75 Å². The summed E-state index contributed by atoms with van der Waals surface area (Å²) in [4.78, 5) is 9.74. The number of aryl methyl sites for hydroxylation is 1. The Balaban J connectivity index is 1.86. The molecule has 0 aliphatic rings. The molecule has 0 radical (unpaired) electrons. The Morgan fingerprint density at radius 3 is 2.95 bits per heavy atom. The van der Waals surface area contributed by atoms with Gasteiger partial charge in [-0.15, -0.1) is 11.3 Å². The van der Waals surface area contributed by atoms with Gasteiger partial charge in [0, 0.05) is 35.8 Å². The molecule has 0 spiro atoms. The van der Waals surface area contributed by atoms with Gasteiger partial charge in [-0.2, -0.15) is 0 Å². The van der Waals surface area contributed by atoms with Gasteiger partial charge in [0.15, 0.2) is 0 Å². The predicted molar refractivity (Wildman–Crippen MR) is 86.8 cm³/mol. The van der Waals surface area contributed by atoms with E-state index in [-0.39, 0.29) is 0 Å². The van der Waals surface area contributed by atoms with Crippen LogP contribution in [-0.4, -0.2) is 23.1 Å². The molecule has 0 atom stereocenters. The van der Waals surface area contributed by atoms with Crippen LogP contribution < -0.4 is 10.1 Å². The van der Waals surface area contributed by atoms with Crippen molar-refractivity contribution in [3.63, 3.8) is 0 Å². The maximum Gasteiger partial charge on any atom is 0.126 e. The van der Waals surface area contributed by atoms with Gasteiger partial charge in [-0.3, -0.25) is 4.98 Å². The van der Waals surface area contributed by atoms with Gasteiger partial charge in [0.25, 0.3) is 0 Å². The molecule has 5 heteroatoms. The molecule has 0 aliphatic carbocycles. The van der Waals surface area contributed by atoms with Crippen molar-refractivity contribution in [3.05, 3.63) is 40.1 Å². The molecule has 1 N–H and O–H groups in total. The normalized spacial score (nSPS) is 11.0. The highest BCUT2D eigenvalue weighted by Gasteiger charge is 2.06. The Morgan fingerprint density at radius 1 is 1.38 bits per heavy atom. The Hall–Kier alpha value is -1.46. The summed E-state index contributed by atoms with van der Waals surface area (Å²) in [5.74, 6) is 1.56. The van der Waals surface area contributed by atoms with E-state index in [1.807, 2.05) is 24.7 Å². The zero-order valence-electron chi connectivity index (χ0n) is 12.9. The molecule has 0 saturated carbocycles. The second-order valence-electron chi connectivity index (χ2n) is 5.47. The summed E-state index contributed by atoms with van der Waals surface area (Å²) in [7, 11) is 0. The van der Waals surface area contributed by atoms with Gasteiger partial charge in [0.2, 0.25) is 0 Å². The number of nitrogens with one attached hydrogen (secondary N) is 1. The van der Waals surface area contributed by atoms with E-state index in [0.717, 1.165) is 36.5 Å². The third-order valence-corrected chi connectivity index (χ3v) is 4.15. The Bertz CT molecular complexity index is 554. The third kappa shape index (κ3) is 5.10. The van der Waals surface area contributed by atoms with E-state index < -0.39 is 0 Å². The van der Waals surface area contributed by atoms with Crippen molar-refractivity contribution >= 4 is 11.3 Å². The summed E-state index contributed by atoms with van der Waals surface area (Å²) in [5, 5.41) is 3.43. The Kier molecular flexibility index (Phi) is 6.14. The van der Waals surface area contributed by atoms with Crippen molar-refractivity contribution in [2.24, 2.45) is 5.92 Å². The SMILES string of the molecule is Cc1ncsc1CCOc1ccncc1CNCC(C)C. The lowest BCUT2D eigenvalue weighted by Gasteiger charge is -2.12. The Labute approximate surface area is 130 Å². The van der Waals surface area contributed by atoms with Crippen LogP contribution in [-0.2, 0) is 13.0 Å². The maximum atomic E-state index is 5.92. The van der Waals surface area contributed by atoms with Crippen LogP contribution in [0.5, 0.6) is 5.75 Å². The van der Waals surface area contributed by atoms with Gasteiger partial charge in [-0.25, -0.2) is 4.98 Å². The number of aromatic nitrogens is 2. The van der Waals surface area contributed by atoms with E-state index in [1.165, 1.54) is 4.88 Å². The molecule has 0 saturated heterocycles. The lowest BCUT2D eigenvalue weighted by molar-refractivity contribution is 0.317. The standard InChI is InChI=1S/C16H23N3OS/c1-12(2)8-18-10-14-9-17-6-4-15(14)20-7-5-16-13(3)19-11-21-16/h4,6,9,11-12,18H,5,7-8,10H2,1-3H3. The first kappa shape index (κ1) is 15.9. The molecule has 4 nitrogen and oxygen atoms in total. The van der Waals surface area contributed by atoms with Crippen LogP contribution in [0.1, 0.15) is 30.0 Å². The Morgan fingerprint density at radius 2 is 2.24 bits per heavy atom. The fourth-order valence-corrected chi connectivity index (χ4v) is 2.77. The zero-order valence-corrected chi connectivity index (χ0v) is 13.7. The maximum absolute atomic E-state index is 5.92. The van der Waals surface area contributed by atoms with E-state index in [0.29, 0.717) is 12.5 Å². The smallest absolute Gasteiger partial charge is 0.126 e. The number of thiazole rings is 1. The highest BCUT2D eigenvalue weighted by Crippen LogP contribution is 2.18. The molecule has 2 aromatic rings. The first-order chi connectivity index (χ1) is 10.2. The summed E-state index contributed by atoms with van der Waals surface area (Å²) in [6.45, 7) is 8.90. The fraction of sp³-hybridized carbons (Fsp3) is 0.500. The van der Waals surface area contributed by atoms with Gasteiger partial charge in [0.1, 0.15) is 5.75 Å². The minimum absolute atomic E-state index is 0.639. The van der Waals surface area contributed by atoms with Crippen molar-refractivity contribution in [2.45, 2.75) is 33.7 Å². The zero-order chi connectivity index (χ0) is 15.1. The van der Waals surface area contributed by atoms with Crippen molar-refractivity contribution in [1.29, 1.82) is 0 Å². The van der Waals surface area contributed by atoms with Crippen LogP contribution in [0.3, 0.4) is 0 Å². The topological polar surface area (TPSA) is 47.0 Å². The van der Waals surface area contributed by atoms with E-state index in [4.69, 9.17) is 4.74 Å². The van der Waals surface area contributed by atoms with Crippen molar-refractivity contribution < 1.29 is 4.74 Å². The molecule has 2 aromatic heterocycles. The summed E-state index contributed by atoms with van der Waals surface area (Å²) in [6.07, 6.45) is 4.55. The first-order valence-corrected chi connectivity index (χ1v) is 8.20. The van der Waals surface area contributed by atoms with Gasteiger partial charge < -0.3 is 10.1 Å². The number of pyridine rings is 1. The highest BCUT2D eigenvalue weighted by molar-refractivity contribution is 7.09. The van der Waals surface area contributed by atoms with Crippen LogP contribution in [0.25, 0.3) is 0 Å². The number of hydrogen-bond acceptors (Lipinski definition) is 5. The third-order valence-electron chi connectivity index (χ3n) is 3.16. The van der Waals surface area contributed by atoms with Gasteiger partial charge in [0.05, 0.1) is 17.8 Å². The van der Waals surface area contributed by atoms with E-state index in [9.17, 15) is 0 Å². The van der Waals surface area contributed by atoms with Crippen molar-refractivity contribution in [1.82, 2.24) is 15.3 Å². The van der Waals surface area contributed by atoms with Crippen LogP contribution >= 0.6 is 11.3 Å². The summed E-state index contributed by atoms with van der Waals surface area (Å²) in [6, 6.07) is 1.94. The van der Waals surface area contributed by atoms with Gasteiger partial charge >= 0.3 is 0 Å². The summed E-state index contributed by atoms with van der Waals surface area (Å²) >= 11 is 1.69. The van der Waals surface area contributed by atoms with Gasteiger partial charge in [-0.1, -0.05) is 13.8 Å². The number of nitrogens with zero attached hydrogens (tertiary/aromatic N) is 2. The molecule has 0 fully saturated rings. The minimum Gasteiger partial charge on any atom is -0.493 e. The fourth-order valence-electron chi connectivity index (χ4n) is 2.00. The number of rotatable bonds is 8. The molecule has 2 rings (SSSR count). The molecule has 2 heterocycles. The molecule has 114 valence electrons. The van der Waals surface area contributed by atoms with Crippen molar-refractivity contribution in [2.75, 3.05) is 13.2 Å². The van der Waals surface area contributed by atoms with E-state index >= 15 is 0 Å². The first-order valence-electron chi connectivity index (χ1n) is 7.32. The lowest BCUT2D eigenvalue weighted by Crippen LogP contribution is -2.19. The minimum atomic E-state index is 0.639.